The molecule has 4 amide bonds. The molecule has 0 radical (unpaired) electrons. The Morgan fingerprint density at radius 2 is 0.797 bits per heavy atom. The van der Waals surface area contributed by atoms with E-state index in [1.54, 1.807) is 0 Å². The molecule has 0 unspecified atom stereocenters. The summed E-state index contributed by atoms with van der Waals surface area (Å²) in [4.78, 5) is 62.1. The van der Waals surface area contributed by atoms with Gasteiger partial charge >= 0.3 is 352 Å². The van der Waals surface area contributed by atoms with E-state index in [4.69, 9.17) is 0 Å². The Hall–Kier alpha value is -5.08. The molecular weight excluding hydrogens is 835 g/mol. The summed E-state index contributed by atoms with van der Waals surface area (Å²) in [6, 6.07) is 28.0. The van der Waals surface area contributed by atoms with Crippen molar-refractivity contribution < 1.29 is 19.2 Å². The van der Waals surface area contributed by atoms with Crippen molar-refractivity contribution in [1.82, 2.24) is 0 Å². The number of hydrogen-bond donors (Lipinski definition) is 0. The third kappa shape index (κ3) is 5.17. The first-order valence-corrected chi connectivity index (χ1v) is 28.3. The summed E-state index contributed by atoms with van der Waals surface area (Å²) in [5.41, 5.74) is 5.51. The van der Waals surface area contributed by atoms with Gasteiger partial charge in [-0.15, -0.1) is 0 Å². The SMILES string of the molecule is CCC[CH2][Sn]1([CH2]CCC)[c]2cc3c4c(ccc5c6ccc7c8c(c[c]1c(c2c45)c86)C(=O)N(c1ccc(C(C)(C)C)cc1)C7=O)C(=O)N(c1ccc(C(C)(C)C)cc1)C3=O. The molecule has 0 spiro atoms. The first-order valence-electron chi connectivity index (χ1n) is 21.4. The molecule has 59 heavy (non-hydrogen) atoms. The van der Waals surface area contributed by atoms with Gasteiger partial charge in [-0.2, -0.15) is 0 Å². The molecule has 0 saturated carbocycles. The zero-order valence-electron chi connectivity index (χ0n) is 35.4. The number of anilines is 2. The molecule has 296 valence electrons. The molecule has 0 bridgehead atoms. The third-order valence-electron chi connectivity index (χ3n) is 13.8. The molecule has 0 aromatic heterocycles. The summed E-state index contributed by atoms with van der Waals surface area (Å²) in [6.45, 7) is 17.4. The number of amides is 4. The molecule has 3 aliphatic rings. The minimum atomic E-state index is -3.79. The zero-order valence-corrected chi connectivity index (χ0v) is 38.2. The van der Waals surface area contributed by atoms with E-state index in [1.165, 1.54) is 17.0 Å². The van der Waals surface area contributed by atoms with Crippen LogP contribution in [0.3, 0.4) is 0 Å². The Bertz CT molecular complexity index is 2800. The van der Waals surface area contributed by atoms with Crippen molar-refractivity contribution in [2.75, 3.05) is 9.80 Å². The predicted molar refractivity (Wildman–Crippen MR) is 245 cm³/mol. The summed E-state index contributed by atoms with van der Waals surface area (Å²) in [6.07, 6.45) is 4.19. The van der Waals surface area contributed by atoms with E-state index in [1.807, 2.05) is 72.8 Å². The van der Waals surface area contributed by atoms with E-state index in [-0.39, 0.29) is 34.5 Å². The molecule has 10 rings (SSSR count). The number of carbonyl (C=O) groups is 4. The van der Waals surface area contributed by atoms with Gasteiger partial charge in [-0.05, 0) is 0 Å². The van der Waals surface area contributed by atoms with Gasteiger partial charge in [0, 0.05) is 0 Å². The molecule has 3 aliphatic heterocycles. The molecule has 7 heteroatoms. The average molecular weight is 886 g/mol. The van der Waals surface area contributed by atoms with Crippen molar-refractivity contribution in [2.24, 2.45) is 0 Å². The molecule has 0 atom stereocenters. The minimum absolute atomic E-state index is 0.0740. The predicted octanol–water partition coefficient (Wildman–Crippen LogP) is 11.4. The molecule has 6 nitrogen and oxygen atoms in total. The fraction of sp³-hybridized carbons (Fsp3) is 0.308. The van der Waals surface area contributed by atoms with Crippen molar-refractivity contribution in [1.29, 1.82) is 0 Å². The molecule has 7 aromatic carbocycles. The summed E-state index contributed by atoms with van der Waals surface area (Å²) in [7, 11) is 0. The monoisotopic (exact) mass is 886 g/mol. The van der Waals surface area contributed by atoms with Gasteiger partial charge in [0.25, 0.3) is 0 Å². The Kier molecular flexibility index (Phi) is 8.38. The fourth-order valence-corrected chi connectivity index (χ4v) is 27.3. The molecule has 0 N–H and O–H groups in total. The Labute approximate surface area is 349 Å². The number of unbranched alkanes of at least 4 members (excludes halogenated alkanes) is 2. The van der Waals surface area contributed by atoms with Crippen LogP contribution in [0.25, 0.3) is 43.1 Å². The van der Waals surface area contributed by atoms with Crippen LogP contribution in [0.15, 0.2) is 84.9 Å². The van der Waals surface area contributed by atoms with Gasteiger partial charge in [0.2, 0.25) is 0 Å². The van der Waals surface area contributed by atoms with Crippen molar-refractivity contribution >= 4 is 104 Å². The number of benzene rings is 7. The van der Waals surface area contributed by atoms with Crippen LogP contribution >= 0.6 is 0 Å². The van der Waals surface area contributed by atoms with E-state index in [0.29, 0.717) is 33.6 Å². The maximum atomic E-state index is 15.0. The molecule has 3 heterocycles. The van der Waals surface area contributed by atoms with E-state index in [2.05, 4.69) is 67.5 Å². The van der Waals surface area contributed by atoms with Crippen molar-refractivity contribution in [2.45, 2.75) is 101 Å². The van der Waals surface area contributed by atoms with Crippen LogP contribution < -0.4 is 17.0 Å². The van der Waals surface area contributed by atoms with Crippen LogP contribution in [0.5, 0.6) is 0 Å². The Morgan fingerprint density at radius 3 is 1.14 bits per heavy atom. The van der Waals surface area contributed by atoms with Gasteiger partial charge < -0.3 is 0 Å². The van der Waals surface area contributed by atoms with Gasteiger partial charge in [0.05, 0.1) is 0 Å². The normalized spacial score (nSPS) is 16.1. The van der Waals surface area contributed by atoms with Crippen LogP contribution in [-0.2, 0) is 10.8 Å². The topological polar surface area (TPSA) is 74.8 Å². The van der Waals surface area contributed by atoms with Gasteiger partial charge in [0.15, 0.2) is 0 Å². The molecule has 7 aromatic rings. The standard InChI is InChI=1S/C44H32N2O4.2C4H9.Sn/c1-43(2,3)23-7-11-25(12-8-23)45-39(47)31-19-15-27-29-17-21-33-38-34(42(50)46(41(33)49)26-13-9-24(10-14-26)44(4,5)6)22-18-30(36(29)38)28-16-20-32(40(45)48)37(31)35(27)28;2*1-3-4-2;/h7-15,17,19-22H,1-6H3;2*1,3-4H2,2H3;. The van der Waals surface area contributed by atoms with E-state index in [0.717, 1.165) is 88.8 Å². The second-order valence-electron chi connectivity index (χ2n) is 19.3. The van der Waals surface area contributed by atoms with Crippen LogP contribution in [-0.4, -0.2) is 42.0 Å². The van der Waals surface area contributed by atoms with Crippen LogP contribution in [0.1, 0.15) is 134 Å². The third-order valence-corrected chi connectivity index (χ3v) is 28.8. The summed E-state index contributed by atoms with van der Waals surface area (Å²) in [5, 5.41) is 7.65. The first kappa shape index (κ1) is 38.1. The van der Waals surface area contributed by atoms with Crippen molar-refractivity contribution in [3.63, 3.8) is 0 Å². The first-order chi connectivity index (χ1) is 28.1. The summed E-state index contributed by atoms with van der Waals surface area (Å²) < 4.78 is 4.73. The van der Waals surface area contributed by atoms with Crippen LogP contribution in [0, 0.1) is 0 Å². The number of fused-ring (bicyclic) bond motifs is 1. The summed E-state index contributed by atoms with van der Waals surface area (Å²) in [5.74, 6) is -1.20. The van der Waals surface area contributed by atoms with Crippen molar-refractivity contribution in [3.05, 3.63) is 118 Å². The Morgan fingerprint density at radius 1 is 0.441 bits per heavy atom. The van der Waals surface area contributed by atoms with E-state index < -0.39 is 18.4 Å². The number of carbonyl (C=O) groups excluding carboxylic acids is 4. The van der Waals surface area contributed by atoms with Gasteiger partial charge in [-0.3, -0.25) is 0 Å². The van der Waals surface area contributed by atoms with Gasteiger partial charge in [-0.1, -0.05) is 0 Å². The zero-order chi connectivity index (χ0) is 41.5. The number of hydrogen-bond acceptors (Lipinski definition) is 4. The van der Waals surface area contributed by atoms with Crippen LogP contribution in [0.2, 0.25) is 8.87 Å². The second kappa shape index (κ2) is 13.0. The maximum absolute atomic E-state index is 15.0. The molecule has 0 saturated heterocycles. The molecule has 0 fully saturated rings. The van der Waals surface area contributed by atoms with Crippen LogP contribution in [0.4, 0.5) is 11.4 Å². The Balaban J connectivity index is 1.26. The second-order valence-corrected chi connectivity index (χ2v) is 31.4. The van der Waals surface area contributed by atoms with Gasteiger partial charge in [0.1, 0.15) is 0 Å². The number of imide groups is 2. The fourth-order valence-electron chi connectivity index (χ4n) is 10.7. The van der Waals surface area contributed by atoms with E-state index >= 15 is 9.59 Å². The molecule has 0 aliphatic carbocycles. The quantitative estimate of drug-likeness (QED) is 0.0659. The number of rotatable bonds is 8. The van der Waals surface area contributed by atoms with E-state index in [9.17, 15) is 9.59 Å². The van der Waals surface area contributed by atoms with Gasteiger partial charge in [-0.25, -0.2) is 0 Å². The average Bonchev–Trinajstić information content (AvgIpc) is 3.48. The van der Waals surface area contributed by atoms with Crippen molar-refractivity contribution in [3.8, 4) is 0 Å². The molecular formula is C52H50N2O4Sn. The number of nitrogens with zero attached hydrogens (tertiary/aromatic N) is 2. The summed E-state index contributed by atoms with van der Waals surface area (Å²) >= 11 is -3.79.